The highest BCUT2D eigenvalue weighted by Gasteiger charge is 2.00. The molecule has 0 saturated carbocycles. The Bertz CT molecular complexity index is 391. The van der Waals surface area contributed by atoms with Crippen molar-refractivity contribution >= 4 is 5.91 Å². The molecule has 0 spiro atoms. The quantitative estimate of drug-likeness (QED) is 0.658. The summed E-state index contributed by atoms with van der Waals surface area (Å²) >= 11 is 0. The maximum absolute atomic E-state index is 11.5. The monoisotopic (exact) mass is 279 g/mol. The van der Waals surface area contributed by atoms with Gasteiger partial charge in [0.2, 0.25) is 5.91 Å². The summed E-state index contributed by atoms with van der Waals surface area (Å²) in [7, 11) is 5.63. The van der Waals surface area contributed by atoms with Crippen LogP contribution in [-0.2, 0) is 11.3 Å². The van der Waals surface area contributed by atoms with Crippen LogP contribution in [0.15, 0.2) is 24.3 Å². The molecule has 0 atom stereocenters. The summed E-state index contributed by atoms with van der Waals surface area (Å²) in [5.74, 6) is 0.947. The third-order valence-corrected chi connectivity index (χ3v) is 2.90. The zero-order chi connectivity index (χ0) is 14.8. The minimum Gasteiger partial charge on any atom is -0.497 e. The lowest BCUT2D eigenvalue weighted by Crippen LogP contribution is -2.33. The number of rotatable bonds is 9. The molecule has 0 aliphatic carbocycles. The van der Waals surface area contributed by atoms with Crippen molar-refractivity contribution in [2.45, 2.75) is 13.0 Å². The Morgan fingerprint density at radius 3 is 2.50 bits per heavy atom. The van der Waals surface area contributed by atoms with Crippen molar-refractivity contribution in [2.75, 3.05) is 40.8 Å². The summed E-state index contributed by atoms with van der Waals surface area (Å²) in [6.45, 7) is 3.00. The van der Waals surface area contributed by atoms with Gasteiger partial charge in [-0.25, -0.2) is 0 Å². The lowest BCUT2D eigenvalue weighted by atomic mass is 10.2. The number of carbonyl (C=O) groups is 1. The van der Waals surface area contributed by atoms with Crippen molar-refractivity contribution in [1.29, 1.82) is 0 Å². The summed E-state index contributed by atoms with van der Waals surface area (Å²) in [5, 5.41) is 6.15. The largest absolute Gasteiger partial charge is 0.497 e. The SMILES string of the molecule is COc1ccc(CNCCC(=O)NCCN(C)C)cc1. The summed E-state index contributed by atoms with van der Waals surface area (Å²) < 4.78 is 5.10. The molecule has 0 aliphatic heterocycles. The molecule has 20 heavy (non-hydrogen) atoms. The predicted molar refractivity (Wildman–Crippen MR) is 80.9 cm³/mol. The van der Waals surface area contributed by atoms with Crippen LogP contribution in [-0.4, -0.2) is 51.6 Å². The molecule has 0 unspecified atom stereocenters. The van der Waals surface area contributed by atoms with Crippen molar-refractivity contribution in [1.82, 2.24) is 15.5 Å². The van der Waals surface area contributed by atoms with Crippen LogP contribution < -0.4 is 15.4 Å². The number of hydrogen-bond acceptors (Lipinski definition) is 4. The average Bonchev–Trinajstić information content (AvgIpc) is 2.44. The lowest BCUT2D eigenvalue weighted by molar-refractivity contribution is -0.121. The number of hydrogen-bond donors (Lipinski definition) is 2. The second-order valence-corrected chi connectivity index (χ2v) is 4.93. The van der Waals surface area contributed by atoms with E-state index in [1.54, 1.807) is 7.11 Å². The van der Waals surface area contributed by atoms with Gasteiger partial charge in [0.25, 0.3) is 0 Å². The van der Waals surface area contributed by atoms with Gasteiger partial charge in [-0.05, 0) is 31.8 Å². The second kappa shape index (κ2) is 9.34. The van der Waals surface area contributed by atoms with E-state index in [1.807, 2.05) is 43.3 Å². The number of likely N-dealkylation sites (N-methyl/N-ethyl adjacent to an activating group) is 1. The number of carbonyl (C=O) groups excluding carboxylic acids is 1. The van der Waals surface area contributed by atoms with Crippen molar-refractivity contribution < 1.29 is 9.53 Å². The molecule has 0 aliphatic rings. The topological polar surface area (TPSA) is 53.6 Å². The number of nitrogens with one attached hydrogen (secondary N) is 2. The maximum atomic E-state index is 11.5. The third kappa shape index (κ3) is 7.11. The summed E-state index contributed by atoms with van der Waals surface area (Å²) in [5.41, 5.74) is 1.18. The number of amides is 1. The van der Waals surface area contributed by atoms with Gasteiger partial charge in [-0.15, -0.1) is 0 Å². The molecule has 0 radical (unpaired) electrons. The fourth-order valence-electron chi connectivity index (χ4n) is 1.69. The number of nitrogens with zero attached hydrogens (tertiary/aromatic N) is 1. The lowest BCUT2D eigenvalue weighted by Gasteiger charge is -2.10. The van der Waals surface area contributed by atoms with E-state index in [9.17, 15) is 4.79 Å². The van der Waals surface area contributed by atoms with E-state index in [0.29, 0.717) is 19.5 Å². The minimum atomic E-state index is 0.0917. The fraction of sp³-hybridized carbons (Fsp3) is 0.533. The number of ether oxygens (including phenoxy) is 1. The van der Waals surface area contributed by atoms with E-state index in [2.05, 4.69) is 10.6 Å². The van der Waals surface area contributed by atoms with Crippen LogP contribution in [0.5, 0.6) is 5.75 Å². The number of benzene rings is 1. The number of methoxy groups -OCH3 is 1. The maximum Gasteiger partial charge on any atom is 0.221 e. The smallest absolute Gasteiger partial charge is 0.221 e. The third-order valence-electron chi connectivity index (χ3n) is 2.90. The molecule has 1 amide bonds. The van der Waals surface area contributed by atoms with Gasteiger partial charge in [0.15, 0.2) is 0 Å². The molecule has 0 aromatic heterocycles. The molecule has 112 valence electrons. The highest BCUT2D eigenvalue weighted by Crippen LogP contribution is 2.10. The normalized spacial score (nSPS) is 10.6. The second-order valence-electron chi connectivity index (χ2n) is 4.93. The Morgan fingerprint density at radius 2 is 1.90 bits per heavy atom. The predicted octanol–water partition coefficient (Wildman–Crippen LogP) is 0.853. The standard InChI is InChI=1S/C15H25N3O2/c1-18(2)11-10-17-15(19)8-9-16-12-13-4-6-14(20-3)7-5-13/h4-7,16H,8-12H2,1-3H3,(H,17,19). The van der Waals surface area contributed by atoms with E-state index >= 15 is 0 Å². The molecule has 1 aromatic carbocycles. The van der Waals surface area contributed by atoms with Crippen LogP contribution in [0.3, 0.4) is 0 Å². The van der Waals surface area contributed by atoms with Crippen LogP contribution in [0.25, 0.3) is 0 Å². The van der Waals surface area contributed by atoms with Crippen LogP contribution in [0.2, 0.25) is 0 Å². The van der Waals surface area contributed by atoms with E-state index in [1.165, 1.54) is 5.56 Å². The Kier molecular flexibility index (Phi) is 7.69. The van der Waals surface area contributed by atoms with Gasteiger partial charge in [-0.1, -0.05) is 12.1 Å². The first-order valence-corrected chi connectivity index (χ1v) is 6.87. The van der Waals surface area contributed by atoms with Crippen molar-refractivity contribution in [3.63, 3.8) is 0 Å². The molecule has 5 heteroatoms. The van der Waals surface area contributed by atoms with Crippen molar-refractivity contribution in [3.8, 4) is 5.75 Å². The first-order chi connectivity index (χ1) is 9.61. The van der Waals surface area contributed by atoms with E-state index in [-0.39, 0.29) is 5.91 Å². The Hall–Kier alpha value is -1.59. The molecule has 1 aromatic rings. The van der Waals surface area contributed by atoms with E-state index in [4.69, 9.17) is 4.74 Å². The first-order valence-electron chi connectivity index (χ1n) is 6.87. The average molecular weight is 279 g/mol. The van der Waals surface area contributed by atoms with Crippen molar-refractivity contribution in [3.05, 3.63) is 29.8 Å². The highest BCUT2D eigenvalue weighted by molar-refractivity contribution is 5.76. The highest BCUT2D eigenvalue weighted by atomic mass is 16.5. The summed E-state index contributed by atoms with van der Waals surface area (Å²) in [4.78, 5) is 13.6. The molecule has 5 nitrogen and oxygen atoms in total. The van der Waals surface area contributed by atoms with E-state index < -0.39 is 0 Å². The zero-order valence-electron chi connectivity index (χ0n) is 12.6. The minimum absolute atomic E-state index is 0.0917. The molecule has 2 N–H and O–H groups in total. The van der Waals surface area contributed by atoms with Crippen LogP contribution >= 0.6 is 0 Å². The Morgan fingerprint density at radius 1 is 1.20 bits per heavy atom. The molecule has 0 saturated heterocycles. The molecule has 0 heterocycles. The molecular weight excluding hydrogens is 254 g/mol. The molecule has 0 bridgehead atoms. The Balaban J connectivity index is 2.10. The fourth-order valence-corrected chi connectivity index (χ4v) is 1.69. The van der Waals surface area contributed by atoms with Crippen LogP contribution in [0, 0.1) is 0 Å². The van der Waals surface area contributed by atoms with Gasteiger partial charge in [0.05, 0.1) is 7.11 Å². The molecule has 0 fully saturated rings. The van der Waals surface area contributed by atoms with Gasteiger partial charge in [0.1, 0.15) is 5.75 Å². The van der Waals surface area contributed by atoms with Crippen LogP contribution in [0.4, 0.5) is 0 Å². The van der Waals surface area contributed by atoms with Crippen LogP contribution in [0.1, 0.15) is 12.0 Å². The van der Waals surface area contributed by atoms with Gasteiger partial charge in [-0.3, -0.25) is 4.79 Å². The first kappa shape index (κ1) is 16.5. The molecule has 1 rings (SSSR count). The molecular formula is C15H25N3O2. The van der Waals surface area contributed by atoms with Gasteiger partial charge < -0.3 is 20.3 Å². The summed E-state index contributed by atoms with van der Waals surface area (Å²) in [6.07, 6.45) is 0.504. The summed E-state index contributed by atoms with van der Waals surface area (Å²) in [6, 6.07) is 7.90. The zero-order valence-corrected chi connectivity index (χ0v) is 12.6. The van der Waals surface area contributed by atoms with Gasteiger partial charge in [0, 0.05) is 32.6 Å². The van der Waals surface area contributed by atoms with Gasteiger partial charge in [-0.2, -0.15) is 0 Å². The van der Waals surface area contributed by atoms with Gasteiger partial charge >= 0.3 is 0 Å². The Labute approximate surface area is 121 Å². The van der Waals surface area contributed by atoms with E-state index in [0.717, 1.165) is 18.8 Å². The van der Waals surface area contributed by atoms with Crippen molar-refractivity contribution in [2.24, 2.45) is 0 Å².